The maximum absolute atomic E-state index is 5.95. The van der Waals surface area contributed by atoms with E-state index in [1.807, 2.05) is 0 Å². The molecule has 2 rings (SSSR count). The molecule has 2 aromatic carbocycles. The molecule has 0 heterocycles. The van der Waals surface area contributed by atoms with Crippen LogP contribution in [0.5, 0.6) is 5.75 Å². The van der Waals surface area contributed by atoms with Gasteiger partial charge in [-0.3, -0.25) is 0 Å². The molecule has 112 valence electrons. The second-order valence-electron chi connectivity index (χ2n) is 4.95. The van der Waals surface area contributed by atoms with Gasteiger partial charge >= 0.3 is 0 Å². The van der Waals surface area contributed by atoms with E-state index in [0.717, 1.165) is 27.8 Å². The topological polar surface area (TPSA) is 21.3 Å². The van der Waals surface area contributed by atoms with Crippen LogP contribution in [0.2, 0.25) is 0 Å². The summed E-state index contributed by atoms with van der Waals surface area (Å²) >= 11 is 7.19. The molecule has 4 heteroatoms. The highest BCUT2D eigenvalue weighted by molar-refractivity contribution is 9.11. The third kappa shape index (κ3) is 4.83. The van der Waals surface area contributed by atoms with Crippen LogP contribution in [-0.2, 0) is 13.2 Å². The third-order valence-electron chi connectivity index (χ3n) is 3.10. The zero-order valence-electron chi connectivity index (χ0n) is 12.2. The quantitative estimate of drug-likeness (QED) is 0.703. The van der Waals surface area contributed by atoms with Crippen molar-refractivity contribution < 1.29 is 4.74 Å². The van der Waals surface area contributed by atoms with E-state index in [1.165, 1.54) is 16.7 Å². The van der Waals surface area contributed by atoms with Gasteiger partial charge in [0.2, 0.25) is 0 Å². The first-order valence-electron chi connectivity index (χ1n) is 6.97. The predicted octanol–water partition coefficient (Wildman–Crippen LogP) is 5.21. The van der Waals surface area contributed by atoms with Crippen LogP contribution in [0.3, 0.4) is 0 Å². The number of rotatable bonds is 6. The van der Waals surface area contributed by atoms with Crippen molar-refractivity contribution in [2.45, 2.75) is 27.0 Å². The van der Waals surface area contributed by atoms with Crippen molar-refractivity contribution >= 4 is 31.9 Å². The molecule has 1 N–H and O–H groups in total. The molecule has 0 aliphatic rings. The number of ether oxygens (including phenoxy) is 1. The normalized spacial score (nSPS) is 10.7. The van der Waals surface area contributed by atoms with Crippen LogP contribution in [0.25, 0.3) is 0 Å². The number of aryl methyl sites for hydroxylation is 1. The fraction of sp³-hybridized carbons (Fsp3) is 0.294. The molecule has 0 bridgehead atoms. The van der Waals surface area contributed by atoms with E-state index in [-0.39, 0.29) is 0 Å². The van der Waals surface area contributed by atoms with Crippen molar-refractivity contribution in [3.63, 3.8) is 0 Å². The van der Waals surface area contributed by atoms with Gasteiger partial charge in [-0.1, -0.05) is 36.8 Å². The number of halogens is 2. The lowest BCUT2D eigenvalue weighted by Gasteiger charge is -2.13. The third-order valence-corrected chi connectivity index (χ3v) is 4.28. The summed E-state index contributed by atoms with van der Waals surface area (Å²) in [6, 6.07) is 12.6. The van der Waals surface area contributed by atoms with Gasteiger partial charge in [0.25, 0.3) is 0 Å². The Hall–Kier alpha value is -0.840. The lowest BCUT2D eigenvalue weighted by atomic mass is 10.1. The number of benzene rings is 2. The lowest BCUT2D eigenvalue weighted by molar-refractivity contribution is 0.302. The Morgan fingerprint density at radius 1 is 1.05 bits per heavy atom. The molecule has 0 fully saturated rings. The van der Waals surface area contributed by atoms with Gasteiger partial charge in [-0.2, -0.15) is 0 Å². The minimum absolute atomic E-state index is 0.561. The Morgan fingerprint density at radius 3 is 2.38 bits per heavy atom. The van der Waals surface area contributed by atoms with Crippen molar-refractivity contribution in [1.29, 1.82) is 0 Å². The van der Waals surface area contributed by atoms with E-state index >= 15 is 0 Å². The molecule has 0 amide bonds. The Morgan fingerprint density at radius 2 is 1.76 bits per heavy atom. The molecule has 0 saturated carbocycles. The summed E-state index contributed by atoms with van der Waals surface area (Å²) in [5, 5.41) is 3.32. The summed E-state index contributed by atoms with van der Waals surface area (Å²) in [6.07, 6.45) is 0. The number of hydrogen-bond donors (Lipinski definition) is 1. The molecule has 0 saturated heterocycles. The molecule has 21 heavy (non-hydrogen) atoms. The Kier molecular flexibility index (Phi) is 6.27. The van der Waals surface area contributed by atoms with Gasteiger partial charge in [0, 0.05) is 6.54 Å². The molecule has 0 atom stereocenters. The first-order valence-corrected chi connectivity index (χ1v) is 8.55. The van der Waals surface area contributed by atoms with Crippen molar-refractivity contribution in [3.05, 3.63) is 62.0 Å². The van der Waals surface area contributed by atoms with E-state index in [1.54, 1.807) is 0 Å². The largest absolute Gasteiger partial charge is 0.487 e. The van der Waals surface area contributed by atoms with Crippen molar-refractivity contribution in [2.75, 3.05) is 6.54 Å². The summed E-state index contributed by atoms with van der Waals surface area (Å²) in [5.41, 5.74) is 3.64. The maximum atomic E-state index is 5.95. The molecular formula is C17H19Br2NO. The van der Waals surface area contributed by atoms with Crippen LogP contribution in [0, 0.1) is 6.92 Å². The molecular weight excluding hydrogens is 394 g/mol. The second kappa shape index (κ2) is 7.97. The highest BCUT2D eigenvalue weighted by Gasteiger charge is 2.09. The standard InChI is InChI=1S/C17H19Br2NO/c1-3-20-10-14-8-15(18)17(16(19)9-14)21-11-13-6-4-5-12(2)7-13/h4-9,20H,3,10-11H2,1-2H3. The van der Waals surface area contributed by atoms with Crippen LogP contribution in [0.1, 0.15) is 23.6 Å². The molecule has 0 spiro atoms. The minimum atomic E-state index is 0.561. The first kappa shape index (κ1) is 16.5. The second-order valence-corrected chi connectivity index (χ2v) is 6.66. The average molecular weight is 413 g/mol. The maximum Gasteiger partial charge on any atom is 0.148 e. The predicted molar refractivity (Wildman–Crippen MR) is 94.7 cm³/mol. The monoisotopic (exact) mass is 411 g/mol. The van der Waals surface area contributed by atoms with Gasteiger partial charge in [-0.25, -0.2) is 0 Å². The fourth-order valence-corrected chi connectivity index (χ4v) is 3.59. The summed E-state index contributed by atoms with van der Waals surface area (Å²) in [5.74, 6) is 0.844. The Labute approximate surface area is 143 Å². The van der Waals surface area contributed by atoms with Crippen molar-refractivity contribution in [1.82, 2.24) is 5.32 Å². The van der Waals surface area contributed by atoms with Gasteiger partial charge in [-0.15, -0.1) is 0 Å². The van der Waals surface area contributed by atoms with Gasteiger partial charge in [0.05, 0.1) is 8.95 Å². The Bertz CT molecular complexity index is 590. The average Bonchev–Trinajstić information content (AvgIpc) is 2.44. The fourth-order valence-electron chi connectivity index (χ4n) is 2.08. The van der Waals surface area contributed by atoms with Crippen molar-refractivity contribution in [2.24, 2.45) is 0 Å². The zero-order chi connectivity index (χ0) is 15.2. The number of nitrogens with one attached hydrogen (secondary N) is 1. The van der Waals surface area contributed by atoms with Gasteiger partial charge < -0.3 is 10.1 Å². The van der Waals surface area contributed by atoms with E-state index < -0.39 is 0 Å². The molecule has 0 aliphatic heterocycles. The van der Waals surface area contributed by atoms with Crippen LogP contribution < -0.4 is 10.1 Å². The molecule has 2 nitrogen and oxygen atoms in total. The highest BCUT2D eigenvalue weighted by atomic mass is 79.9. The summed E-state index contributed by atoms with van der Waals surface area (Å²) in [6.45, 7) is 6.56. The number of hydrogen-bond acceptors (Lipinski definition) is 2. The van der Waals surface area contributed by atoms with Gasteiger partial charge in [0.15, 0.2) is 0 Å². The van der Waals surface area contributed by atoms with Crippen LogP contribution in [-0.4, -0.2) is 6.54 Å². The van der Waals surface area contributed by atoms with E-state index in [2.05, 4.69) is 87.4 Å². The van der Waals surface area contributed by atoms with Crippen LogP contribution in [0.15, 0.2) is 45.3 Å². The summed E-state index contributed by atoms with van der Waals surface area (Å²) < 4.78 is 7.89. The van der Waals surface area contributed by atoms with Gasteiger partial charge in [-0.05, 0) is 68.6 Å². The summed E-state index contributed by atoms with van der Waals surface area (Å²) in [4.78, 5) is 0. The summed E-state index contributed by atoms with van der Waals surface area (Å²) in [7, 11) is 0. The van der Waals surface area contributed by atoms with E-state index in [4.69, 9.17) is 4.74 Å². The first-order chi connectivity index (χ1) is 10.1. The Balaban J connectivity index is 2.09. The van der Waals surface area contributed by atoms with Crippen molar-refractivity contribution in [3.8, 4) is 5.75 Å². The minimum Gasteiger partial charge on any atom is -0.487 e. The van der Waals surface area contributed by atoms with Gasteiger partial charge in [0.1, 0.15) is 12.4 Å². The smallest absolute Gasteiger partial charge is 0.148 e. The molecule has 0 aliphatic carbocycles. The highest BCUT2D eigenvalue weighted by Crippen LogP contribution is 2.35. The zero-order valence-corrected chi connectivity index (χ0v) is 15.4. The molecule has 0 unspecified atom stereocenters. The molecule has 2 aromatic rings. The van der Waals surface area contributed by atoms with E-state index in [0.29, 0.717) is 6.61 Å². The van der Waals surface area contributed by atoms with E-state index in [9.17, 15) is 0 Å². The SMILES string of the molecule is CCNCc1cc(Br)c(OCc2cccc(C)c2)c(Br)c1. The van der Waals surface area contributed by atoms with Crippen LogP contribution >= 0.6 is 31.9 Å². The molecule has 0 aromatic heterocycles. The lowest BCUT2D eigenvalue weighted by Crippen LogP contribution is -2.11. The van der Waals surface area contributed by atoms with Crippen LogP contribution in [0.4, 0.5) is 0 Å². The molecule has 0 radical (unpaired) electrons.